The topological polar surface area (TPSA) is 58.1 Å². The van der Waals surface area contributed by atoms with E-state index in [1.165, 1.54) is 37.0 Å². The van der Waals surface area contributed by atoms with Gasteiger partial charge in [-0.25, -0.2) is 0 Å². The number of hydrogen-bond acceptors (Lipinski definition) is 3. The Labute approximate surface area is 145 Å². The van der Waals surface area contributed by atoms with Gasteiger partial charge in [0.05, 0.1) is 17.8 Å². The van der Waals surface area contributed by atoms with E-state index in [9.17, 15) is 9.59 Å². The third-order valence-corrected chi connectivity index (χ3v) is 6.53. The lowest BCUT2D eigenvalue weighted by molar-refractivity contribution is 0.0730. The lowest BCUT2D eigenvalue weighted by Crippen LogP contribution is -2.37. The van der Waals surface area contributed by atoms with Crippen molar-refractivity contribution < 1.29 is 4.79 Å². The zero-order chi connectivity index (χ0) is 16.7. The standard InChI is InChI=1S/C18H23N3O2S/c1-20-15-10-21(8-7-14(15)17(22)19-20)18(23)13-9-16(24-11-13)12-5-3-2-4-6-12/h9,11-12H,2-8,10H2,1H3,(H,19,22). The van der Waals surface area contributed by atoms with E-state index in [1.807, 2.05) is 17.3 Å². The monoisotopic (exact) mass is 345 g/mol. The minimum Gasteiger partial charge on any atom is -0.332 e. The number of aromatic nitrogens is 2. The van der Waals surface area contributed by atoms with Crippen LogP contribution >= 0.6 is 11.3 Å². The van der Waals surface area contributed by atoms with Crippen LogP contribution in [0.2, 0.25) is 0 Å². The number of H-pyrrole nitrogens is 1. The van der Waals surface area contributed by atoms with Crippen LogP contribution < -0.4 is 5.56 Å². The van der Waals surface area contributed by atoms with Crippen molar-refractivity contribution >= 4 is 17.2 Å². The third kappa shape index (κ3) is 2.73. The molecule has 2 aliphatic rings. The first kappa shape index (κ1) is 15.7. The zero-order valence-corrected chi connectivity index (χ0v) is 14.8. The summed E-state index contributed by atoms with van der Waals surface area (Å²) in [7, 11) is 1.83. The number of aryl methyl sites for hydroxylation is 1. The van der Waals surface area contributed by atoms with Crippen LogP contribution in [-0.4, -0.2) is 27.1 Å². The highest BCUT2D eigenvalue weighted by atomic mass is 32.1. The molecule has 6 heteroatoms. The maximum Gasteiger partial charge on any atom is 0.267 e. The van der Waals surface area contributed by atoms with Crippen molar-refractivity contribution in [1.82, 2.24) is 14.7 Å². The predicted octanol–water partition coefficient (Wildman–Crippen LogP) is 3.02. The normalized spacial score (nSPS) is 18.6. The first-order chi connectivity index (χ1) is 11.6. The molecule has 1 amide bonds. The van der Waals surface area contributed by atoms with Crippen molar-refractivity contribution in [3.05, 3.63) is 43.5 Å². The van der Waals surface area contributed by atoms with Crippen molar-refractivity contribution in [1.29, 1.82) is 0 Å². The van der Waals surface area contributed by atoms with Gasteiger partial charge in [-0.15, -0.1) is 11.3 Å². The molecular weight excluding hydrogens is 322 g/mol. The second-order valence-corrected chi connectivity index (χ2v) is 7.92. The Morgan fingerprint density at radius 2 is 2.08 bits per heavy atom. The van der Waals surface area contributed by atoms with Gasteiger partial charge in [0.15, 0.2) is 0 Å². The Kier molecular flexibility index (Phi) is 4.08. The van der Waals surface area contributed by atoms with Crippen LogP contribution in [0.1, 0.15) is 64.5 Å². The van der Waals surface area contributed by atoms with Crippen molar-refractivity contribution in [3.63, 3.8) is 0 Å². The minimum absolute atomic E-state index is 0.0188. The summed E-state index contributed by atoms with van der Waals surface area (Å²) < 4.78 is 1.75. The van der Waals surface area contributed by atoms with E-state index in [2.05, 4.69) is 11.2 Å². The summed E-state index contributed by atoms with van der Waals surface area (Å²) in [5.74, 6) is 0.733. The van der Waals surface area contributed by atoms with Crippen LogP contribution in [0, 0.1) is 0 Å². The molecule has 3 heterocycles. The van der Waals surface area contributed by atoms with Gasteiger partial charge in [0, 0.05) is 29.4 Å². The van der Waals surface area contributed by atoms with E-state index in [0.717, 1.165) is 16.8 Å². The summed E-state index contributed by atoms with van der Waals surface area (Å²) in [6.45, 7) is 1.13. The van der Waals surface area contributed by atoms with Crippen LogP contribution in [0.4, 0.5) is 0 Å². The summed E-state index contributed by atoms with van der Waals surface area (Å²) in [6.07, 6.45) is 7.11. The molecule has 0 aromatic carbocycles. The molecule has 128 valence electrons. The Morgan fingerprint density at radius 1 is 1.29 bits per heavy atom. The molecule has 24 heavy (non-hydrogen) atoms. The number of fused-ring (bicyclic) bond motifs is 1. The Bertz CT molecular complexity index is 811. The highest BCUT2D eigenvalue weighted by molar-refractivity contribution is 7.10. The fourth-order valence-electron chi connectivity index (χ4n) is 4.01. The number of thiophene rings is 1. The molecule has 1 fully saturated rings. The summed E-state index contributed by atoms with van der Waals surface area (Å²) in [5.41, 5.74) is 2.55. The highest BCUT2D eigenvalue weighted by Gasteiger charge is 2.27. The number of nitrogens with one attached hydrogen (secondary N) is 1. The molecular formula is C18H23N3O2S. The molecule has 1 aliphatic heterocycles. The number of amides is 1. The number of aromatic amines is 1. The molecule has 0 saturated heterocycles. The van der Waals surface area contributed by atoms with E-state index < -0.39 is 0 Å². The molecule has 0 spiro atoms. The fourth-order valence-corrected chi connectivity index (χ4v) is 5.06. The lowest BCUT2D eigenvalue weighted by atomic mass is 9.88. The second kappa shape index (κ2) is 6.24. The average molecular weight is 345 g/mol. The zero-order valence-electron chi connectivity index (χ0n) is 14.0. The maximum atomic E-state index is 12.9. The highest BCUT2D eigenvalue weighted by Crippen LogP contribution is 2.36. The van der Waals surface area contributed by atoms with Crippen molar-refractivity contribution in [3.8, 4) is 0 Å². The molecule has 1 saturated carbocycles. The van der Waals surface area contributed by atoms with Crippen LogP contribution in [0.25, 0.3) is 0 Å². The summed E-state index contributed by atoms with van der Waals surface area (Å²) in [5, 5.41) is 4.80. The smallest absolute Gasteiger partial charge is 0.267 e. The molecule has 2 aromatic heterocycles. The molecule has 0 bridgehead atoms. The van der Waals surface area contributed by atoms with Crippen molar-refractivity contribution in [2.75, 3.05) is 6.54 Å². The van der Waals surface area contributed by atoms with Gasteiger partial charge < -0.3 is 4.90 Å². The number of nitrogens with zero attached hydrogens (tertiary/aromatic N) is 2. The molecule has 0 atom stereocenters. The van der Waals surface area contributed by atoms with Crippen LogP contribution in [-0.2, 0) is 20.0 Å². The lowest BCUT2D eigenvalue weighted by Gasteiger charge is -2.27. The van der Waals surface area contributed by atoms with Gasteiger partial charge in [-0.2, -0.15) is 0 Å². The Balaban J connectivity index is 1.51. The number of rotatable bonds is 2. The summed E-state index contributed by atoms with van der Waals surface area (Å²) in [6, 6.07) is 2.11. The SMILES string of the molecule is Cn1[nH]c(=O)c2c1CN(C(=O)c1csc(C3CCCCC3)c1)CC2. The third-order valence-electron chi connectivity index (χ3n) is 5.43. The molecule has 0 unspecified atom stereocenters. The largest absolute Gasteiger partial charge is 0.332 e. The minimum atomic E-state index is -0.0188. The van der Waals surface area contributed by atoms with Crippen molar-refractivity contribution in [2.45, 2.75) is 51.0 Å². The summed E-state index contributed by atoms with van der Waals surface area (Å²) in [4.78, 5) is 27.9. The van der Waals surface area contributed by atoms with E-state index in [-0.39, 0.29) is 11.5 Å². The number of carbonyl (C=O) groups is 1. The van der Waals surface area contributed by atoms with Gasteiger partial charge in [0.25, 0.3) is 11.5 Å². The second-order valence-electron chi connectivity index (χ2n) is 6.97. The van der Waals surface area contributed by atoms with Crippen LogP contribution in [0.15, 0.2) is 16.2 Å². The first-order valence-corrected chi connectivity index (χ1v) is 9.66. The van der Waals surface area contributed by atoms with Gasteiger partial charge in [-0.3, -0.25) is 19.4 Å². The molecule has 5 nitrogen and oxygen atoms in total. The van der Waals surface area contributed by atoms with Gasteiger partial charge in [0.2, 0.25) is 0 Å². The number of hydrogen-bond donors (Lipinski definition) is 1. The average Bonchev–Trinajstić information content (AvgIpc) is 3.21. The van der Waals surface area contributed by atoms with Crippen LogP contribution in [0.5, 0.6) is 0 Å². The van der Waals surface area contributed by atoms with Gasteiger partial charge in [0.1, 0.15) is 0 Å². The molecule has 4 rings (SSSR count). The van der Waals surface area contributed by atoms with E-state index in [1.54, 1.807) is 16.0 Å². The molecule has 0 radical (unpaired) electrons. The fraction of sp³-hybridized carbons (Fsp3) is 0.556. The van der Waals surface area contributed by atoms with Gasteiger partial charge >= 0.3 is 0 Å². The Hall–Kier alpha value is -1.82. The first-order valence-electron chi connectivity index (χ1n) is 8.78. The quantitative estimate of drug-likeness (QED) is 0.909. The molecule has 1 aliphatic carbocycles. The predicted molar refractivity (Wildman–Crippen MR) is 94.6 cm³/mol. The van der Waals surface area contributed by atoms with E-state index >= 15 is 0 Å². The van der Waals surface area contributed by atoms with Crippen molar-refractivity contribution in [2.24, 2.45) is 7.05 Å². The number of carbonyl (C=O) groups excluding carboxylic acids is 1. The van der Waals surface area contributed by atoms with Crippen LogP contribution in [0.3, 0.4) is 0 Å². The van der Waals surface area contributed by atoms with E-state index in [0.29, 0.717) is 25.4 Å². The van der Waals surface area contributed by atoms with Gasteiger partial charge in [-0.05, 0) is 31.2 Å². The Morgan fingerprint density at radius 3 is 2.88 bits per heavy atom. The summed E-state index contributed by atoms with van der Waals surface area (Å²) >= 11 is 1.73. The maximum absolute atomic E-state index is 12.9. The van der Waals surface area contributed by atoms with E-state index in [4.69, 9.17) is 0 Å². The molecule has 1 N–H and O–H groups in total. The van der Waals surface area contributed by atoms with Gasteiger partial charge in [-0.1, -0.05) is 19.3 Å². The molecule has 2 aromatic rings.